The van der Waals surface area contributed by atoms with Gasteiger partial charge in [-0.05, 0) is 29.3 Å². The molecule has 0 saturated carbocycles. The standard InChI is InChI=1S/C19H20F2N2O2/c20-17-6-5-16(11-18(17)21)19(25)23-9-7-22(8-10-23)12-14-1-3-15(13-24)4-2-14/h1-6,11,24H,7-10,12-13H2. The fraction of sp³-hybridized carbons (Fsp3) is 0.316. The lowest BCUT2D eigenvalue weighted by Gasteiger charge is -2.34. The van der Waals surface area contributed by atoms with Crippen molar-refractivity contribution in [3.05, 3.63) is 70.8 Å². The molecule has 1 aliphatic rings. The Balaban J connectivity index is 1.55. The SMILES string of the molecule is O=C(c1ccc(F)c(F)c1)N1CCN(Cc2ccc(CO)cc2)CC1. The molecule has 1 N–H and O–H groups in total. The highest BCUT2D eigenvalue weighted by molar-refractivity contribution is 5.94. The van der Waals surface area contributed by atoms with E-state index in [4.69, 9.17) is 5.11 Å². The first kappa shape index (κ1) is 17.5. The van der Waals surface area contributed by atoms with E-state index in [1.54, 1.807) is 4.90 Å². The molecule has 1 saturated heterocycles. The van der Waals surface area contributed by atoms with Gasteiger partial charge >= 0.3 is 0 Å². The van der Waals surface area contributed by atoms with E-state index in [-0.39, 0.29) is 18.1 Å². The number of piperazine rings is 1. The van der Waals surface area contributed by atoms with Crippen molar-refractivity contribution < 1.29 is 18.7 Å². The molecule has 1 aliphatic heterocycles. The largest absolute Gasteiger partial charge is 0.392 e. The minimum atomic E-state index is -1.00. The van der Waals surface area contributed by atoms with Crippen molar-refractivity contribution in [2.75, 3.05) is 26.2 Å². The molecule has 4 nitrogen and oxygen atoms in total. The number of benzene rings is 2. The first-order chi connectivity index (χ1) is 12.1. The van der Waals surface area contributed by atoms with Gasteiger partial charge < -0.3 is 10.0 Å². The normalized spacial score (nSPS) is 15.4. The van der Waals surface area contributed by atoms with Crippen molar-refractivity contribution in [2.45, 2.75) is 13.2 Å². The van der Waals surface area contributed by atoms with Crippen LogP contribution in [0, 0.1) is 11.6 Å². The summed E-state index contributed by atoms with van der Waals surface area (Å²) in [6, 6.07) is 11.0. The second-order valence-electron chi connectivity index (χ2n) is 6.17. The number of carbonyl (C=O) groups is 1. The molecule has 3 rings (SSSR count). The first-order valence-electron chi connectivity index (χ1n) is 8.22. The zero-order valence-electron chi connectivity index (χ0n) is 13.8. The molecule has 0 unspecified atom stereocenters. The summed E-state index contributed by atoms with van der Waals surface area (Å²) in [5, 5.41) is 9.07. The topological polar surface area (TPSA) is 43.8 Å². The van der Waals surface area contributed by atoms with Crippen molar-refractivity contribution in [1.29, 1.82) is 0 Å². The Labute approximate surface area is 145 Å². The molecule has 0 aromatic heterocycles. The van der Waals surface area contributed by atoms with E-state index >= 15 is 0 Å². The van der Waals surface area contributed by atoms with Gasteiger partial charge in [0.25, 0.3) is 5.91 Å². The van der Waals surface area contributed by atoms with Gasteiger partial charge in [0.1, 0.15) is 0 Å². The average Bonchev–Trinajstić information content (AvgIpc) is 2.65. The summed E-state index contributed by atoms with van der Waals surface area (Å²) in [7, 11) is 0. The number of hydrogen-bond acceptors (Lipinski definition) is 3. The highest BCUT2D eigenvalue weighted by Gasteiger charge is 2.22. The molecule has 0 aliphatic carbocycles. The first-order valence-corrected chi connectivity index (χ1v) is 8.22. The maximum absolute atomic E-state index is 13.3. The summed E-state index contributed by atoms with van der Waals surface area (Å²) in [6.07, 6.45) is 0. The van der Waals surface area contributed by atoms with Gasteiger partial charge in [0, 0.05) is 38.3 Å². The van der Waals surface area contributed by atoms with Gasteiger partial charge in [-0.3, -0.25) is 9.69 Å². The van der Waals surface area contributed by atoms with Gasteiger partial charge in [0.2, 0.25) is 0 Å². The molecule has 132 valence electrons. The molecule has 0 spiro atoms. The second kappa shape index (κ2) is 7.72. The van der Waals surface area contributed by atoms with Crippen LogP contribution in [0.25, 0.3) is 0 Å². The fourth-order valence-corrected chi connectivity index (χ4v) is 2.93. The number of rotatable bonds is 4. The summed E-state index contributed by atoms with van der Waals surface area (Å²) in [6.45, 7) is 3.34. The van der Waals surface area contributed by atoms with E-state index in [0.29, 0.717) is 13.1 Å². The van der Waals surface area contributed by atoms with Gasteiger partial charge in [-0.2, -0.15) is 0 Å². The quantitative estimate of drug-likeness (QED) is 0.925. The molecule has 6 heteroatoms. The lowest BCUT2D eigenvalue weighted by Crippen LogP contribution is -2.48. The van der Waals surface area contributed by atoms with Crippen molar-refractivity contribution in [3.8, 4) is 0 Å². The van der Waals surface area contributed by atoms with Crippen LogP contribution in [0.1, 0.15) is 21.5 Å². The minimum absolute atomic E-state index is 0.0328. The van der Waals surface area contributed by atoms with E-state index in [0.717, 1.165) is 42.9 Å². The van der Waals surface area contributed by atoms with Crippen molar-refractivity contribution in [2.24, 2.45) is 0 Å². The molecule has 0 atom stereocenters. The van der Waals surface area contributed by atoms with Crippen LogP contribution in [-0.4, -0.2) is 47.0 Å². The molecule has 1 heterocycles. The molecule has 1 fully saturated rings. The molecular weight excluding hydrogens is 326 g/mol. The van der Waals surface area contributed by atoms with Gasteiger partial charge in [0.05, 0.1) is 6.61 Å². The Hall–Kier alpha value is -2.31. The number of nitrogens with zero attached hydrogens (tertiary/aromatic N) is 2. The van der Waals surface area contributed by atoms with E-state index in [1.807, 2.05) is 24.3 Å². The van der Waals surface area contributed by atoms with Crippen LogP contribution < -0.4 is 0 Å². The van der Waals surface area contributed by atoms with E-state index in [1.165, 1.54) is 6.07 Å². The number of hydrogen-bond donors (Lipinski definition) is 1. The van der Waals surface area contributed by atoms with Gasteiger partial charge in [-0.15, -0.1) is 0 Å². The molecule has 2 aromatic rings. The number of amides is 1. The Bertz CT molecular complexity index is 742. The second-order valence-corrected chi connectivity index (χ2v) is 6.17. The Morgan fingerprint density at radius 3 is 2.16 bits per heavy atom. The summed E-state index contributed by atoms with van der Waals surface area (Å²) < 4.78 is 26.3. The van der Waals surface area contributed by atoms with Crippen molar-refractivity contribution in [3.63, 3.8) is 0 Å². The van der Waals surface area contributed by atoms with Crippen LogP contribution in [0.3, 0.4) is 0 Å². The Morgan fingerprint density at radius 1 is 0.920 bits per heavy atom. The van der Waals surface area contributed by atoms with Crippen LogP contribution >= 0.6 is 0 Å². The van der Waals surface area contributed by atoms with Crippen LogP contribution in [0.2, 0.25) is 0 Å². The zero-order chi connectivity index (χ0) is 17.8. The Morgan fingerprint density at radius 2 is 1.56 bits per heavy atom. The third-order valence-corrected chi connectivity index (χ3v) is 4.44. The fourth-order valence-electron chi connectivity index (χ4n) is 2.93. The summed E-state index contributed by atoms with van der Waals surface area (Å²) in [5.74, 6) is -2.23. The molecular formula is C19H20F2N2O2. The zero-order valence-corrected chi connectivity index (χ0v) is 13.8. The predicted molar refractivity (Wildman–Crippen MR) is 89.9 cm³/mol. The number of carbonyl (C=O) groups excluding carboxylic acids is 1. The number of halogens is 2. The molecule has 1 amide bonds. The van der Waals surface area contributed by atoms with Crippen LogP contribution in [0.15, 0.2) is 42.5 Å². The maximum Gasteiger partial charge on any atom is 0.254 e. The van der Waals surface area contributed by atoms with Crippen LogP contribution in [0.4, 0.5) is 8.78 Å². The minimum Gasteiger partial charge on any atom is -0.392 e. The Kier molecular flexibility index (Phi) is 5.40. The van der Waals surface area contributed by atoms with Crippen LogP contribution in [-0.2, 0) is 13.2 Å². The van der Waals surface area contributed by atoms with Gasteiger partial charge in [0.15, 0.2) is 11.6 Å². The number of aliphatic hydroxyl groups excluding tert-OH is 1. The molecule has 0 bridgehead atoms. The van der Waals surface area contributed by atoms with Gasteiger partial charge in [-0.1, -0.05) is 24.3 Å². The van der Waals surface area contributed by atoms with E-state index in [2.05, 4.69) is 4.90 Å². The molecule has 0 radical (unpaired) electrons. The van der Waals surface area contributed by atoms with Crippen molar-refractivity contribution in [1.82, 2.24) is 9.80 Å². The average molecular weight is 346 g/mol. The number of aliphatic hydroxyl groups is 1. The molecule has 2 aromatic carbocycles. The van der Waals surface area contributed by atoms with Crippen LogP contribution in [0.5, 0.6) is 0 Å². The van der Waals surface area contributed by atoms with Gasteiger partial charge in [-0.25, -0.2) is 8.78 Å². The summed E-state index contributed by atoms with van der Waals surface area (Å²) >= 11 is 0. The smallest absolute Gasteiger partial charge is 0.254 e. The van der Waals surface area contributed by atoms with E-state index < -0.39 is 11.6 Å². The molecule has 25 heavy (non-hydrogen) atoms. The lowest BCUT2D eigenvalue weighted by atomic mass is 10.1. The van der Waals surface area contributed by atoms with Crippen molar-refractivity contribution >= 4 is 5.91 Å². The monoisotopic (exact) mass is 346 g/mol. The third kappa shape index (κ3) is 4.21. The third-order valence-electron chi connectivity index (χ3n) is 4.44. The lowest BCUT2D eigenvalue weighted by molar-refractivity contribution is 0.0628. The highest BCUT2D eigenvalue weighted by atomic mass is 19.2. The summed E-state index contributed by atoms with van der Waals surface area (Å²) in [5.41, 5.74) is 2.20. The van der Waals surface area contributed by atoms with E-state index in [9.17, 15) is 13.6 Å². The highest BCUT2D eigenvalue weighted by Crippen LogP contribution is 2.14. The maximum atomic E-state index is 13.3. The summed E-state index contributed by atoms with van der Waals surface area (Å²) in [4.78, 5) is 16.3. The predicted octanol–water partition coefficient (Wildman–Crippen LogP) is 2.42.